The van der Waals surface area contributed by atoms with Crippen molar-refractivity contribution in [2.24, 2.45) is 10.9 Å². The number of nitrogens with one attached hydrogen (secondary N) is 1. The number of likely N-dealkylation sites (tertiary alicyclic amines) is 1. The minimum Gasteiger partial charge on any atom is -0.469 e. The van der Waals surface area contributed by atoms with Crippen LogP contribution in [0.4, 0.5) is 15.8 Å². The number of benzene rings is 1. The summed E-state index contributed by atoms with van der Waals surface area (Å²) in [5.41, 5.74) is 2.37. The lowest BCUT2D eigenvalue weighted by Crippen LogP contribution is -2.47. The Bertz CT molecular complexity index is 733. The molecule has 1 aromatic carbocycles. The zero-order chi connectivity index (χ0) is 18.8. The molecule has 3 aliphatic rings. The predicted octanol–water partition coefficient (Wildman–Crippen LogP) is 2.96. The van der Waals surface area contributed by atoms with Crippen molar-refractivity contribution in [2.75, 3.05) is 38.2 Å². The normalized spacial score (nSPS) is 25.6. The summed E-state index contributed by atoms with van der Waals surface area (Å²) in [6.07, 6.45) is 6.70. The molecule has 4 rings (SSSR count). The van der Waals surface area contributed by atoms with E-state index in [0.717, 1.165) is 56.6 Å². The highest BCUT2D eigenvalue weighted by molar-refractivity contribution is 5.75. The van der Waals surface area contributed by atoms with Gasteiger partial charge in [0.05, 0.1) is 19.4 Å². The van der Waals surface area contributed by atoms with Gasteiger partial charge in [0.15, 0.2) is 0 Å². The van der Waals surface area contributed by atoms with E-state index < -0.39 is 0 Å². The first-order valence-electron chi connectivity index (χ1n) is 9.87. The summed E-state index contributed by atoms with van der Waals surface area (Å²) in [4.78, 5) is 20.9. The first kappa shape index (κ1) is 18.2. The van der Waals surface area contributed by atoms with Crippen LogP contribution >= 0.6 is 0 Å². The van der Waals surface area contributed by atoms with E-state index in [0.29, 0.717) is 12.2 Å². The van der Waals surface area contributed by atoms with E-state index in [9.17, 15) is 9.18 Å². The molecule has 0 aromatic heterocycles. The molecule has 0 amide bonds. The maximum Gasteiger partial charge on any atom is 0.309 e. The lowest BCUT2D eigenvalue weighted by Gasteiger charge is -2.41. The molecule has 1 aromatic rings. The third kappa shape index (κ3) is 3.52. The summed E-state index contributed by atoms with van der Waals surface area (Å²) in [6, 6.07) is 3.41. The molecular formula is C20H27FN4O2. The van der Waals surface area contributed by atoms with E-state index in [1.807, 2.05) is 6.07 Å². The van der Waals surface area contributed by atoms with Gasteiger partial charge in [0.1, 0.15) is 17.7 Å². The van der Waals surface area contributed by atoms with Crippen LogP contribution in [0.2, 0.25) is 0 Å². The van der Waals surface area contributed by atoms with Gasteiger partial charge in [0.25, 0.3) is 0 Å². The third-order valence-electron chi connectivity index (χ3n) is 5.89. The van der Waals surface area contributed by atoms with Crippen molar-refractivity contribution in [3.05, 3.63) is 23.5 Å². The molecule has 3 aliphatic heterocycles. The van der Waals surface area contributed by atoms with Gasteiger partial charge in [-0.3, -0.25) is 9.69 Å². The van der Waals surface area contributed by atoms with Gasteiger partial charge in [-0.2, -0.15) is 0 Å². The van der Waals surface area contributed by atoms with E-state index >= 15 is 0 Å². The second-order valence-corrected chi connectivity index (χ2v) is 7.56. The van der Waals surface area contributed by atoms with Gasteiger partial charge in [-0.1, -0.05) is 0 Å². The molecule has 2 unspecified atom stereocenters. The molecule has 0 aliphatic carbocycles. The first-order valence-corrected chi connectivity index (χ1v) is 9.87. The number of carbonyl (C=O) groups is 1. The van der Waals surface area contributed by atoms with Crippen molar-refractivity contribution in [3.63, 3.8) is 0 Å². The summed E-state index contributed by atoms with van der Waals surface area (Å²) in [5, 5.41) is 3.32. The molecule has 146 valence electrons. The number of methoxy groups -OCH3 is 1. The van der Waals surface area contributed by atoms with Crippen LogP contribution in [0.1, 0.15) is 43.8 Å². The molecule has 2 saturated heterocycles. The Morgan fingerprint density at radius 1 is 1.22 bits per heavy atom. The summed E-state index contributed by atoms with van der Waals surface area (Å²) in [5.74, 6) is -0.602. The number of ether oxygens (including phenoxy) is 1. The van der Waals surface area contributed by atoms with Gasteiger partial charge < -0.3 is 15.0 Å². The topological polar surface area (TPSA) is 57.2 Å². The third-order valence-corrected chi connectivity index (χ3v) is 5.89. The zero-order valence-electron chi connectivity index (χ0n) is 15.8. The van der Waals surface area contributed by atoms with Crippen LogP contribution in [0, 0.1) is 11.7 Å². The summed E-state index contributed by atoms with van der Waals surface area (Å²) in [7, 11) is 1.44. The Kier molecular flexibility index (Phi) is 5.29. The number of nitrogens with zero attached hydrogens (tertiary/aromatic N) is 3. The lowest BCUT2D eigenvalue weighted by atomic mass is 9.95. The number of carbonyl (C=O) groups excluding carboxylic acids is 1. The quantitative estimate of drug-likeness (QED) is 0.825. The molecule has 27 heavy (non-hydrogen) atoms. The Hall–Kier alpha value is -2.15. The fourth-order valence-electron chi connectivity index (χ4n) is 4.53. The highest BCUT2D eigenvalue weighted by Crippen LogP contribution is 2.41. The van der Waals surface area contributed by atoms with E-state index in [1.165, 1.54) is 19.6 Å². The number of rotatable bonds is 3. The minimum atomic E-state index is -0.296. The highest BCUT2D eigenvalue weighted by atomic mass is 19.1. The van der Waals surface area contributed by atoms with Crippen molar-refractivity contribution in [1.82, 2.24) is 10.2 Å². The van der Waals surface area contributed by atoms with Crippen molar-refractivity contribution >= 4 is 23.7 Å². The number of anilines is 1. The Morgan fingerprint density at radius 3 is 2.81 bits per heavy atom. The maximum absolute atomic E-state index is 14.6. The molecule has 2 atom stereocenters. The average Bonchev–Trinajstić information content (AvgIpc) is 2.74. The molecule has 0 radical (unpaired) electrons. The molecule has 0 saturated carbocycles. The molecule has 1 N–H and O–H groups in total. The van der Waals surface area contributed by atoms with Crippen molar-refractivity contribution < 1.29 is 13.9 Å². The monoisotopic (exact) mass is 374 g/mol. The molecule has 3 heterocycles. The van der Waals surface area contributed by atoms with Crippen LogP contribution in [0.3, 0.4) is 0 Å². The smallest absolute Gasteiger partial charge is 0.309 e. The number of piperidine rings is 2. The zero-order valence-corrected chi connectivity index (χ0v) is 15.8. The SMILES string of the molecule is COC(=O)C1CCCN(C2NC=Nc3c(F)ccc(N4CCCCC4)c32)C1. The number of esters is 1. The summed E-state index contributed by atoms with van der Waals surface area (Å²) in [6.45, 7) is 3.43. The molecular weight excluding hydrogens is 347 g/mol. The van der Waals surface area contributed by atoms with Crippen molar-refractivity contribution in [1.29, 1.82) is 0 Å². The predicted molar refractivity (Wildman–Crippen MR) is 103 cm³/mol. The number of hydrogen-bond donors (Lipinski definition) is 1. The van der Waals surface area contributed by atoms with Gasteiger partial charge in [0, 0.05) is 37.4 Å². The lowest BCUT2D eigenvalue weighted by molar-refractivity contribution is -0.147. The summed E-state index contributed by atoms with van der Waals surface area (Å²) >= 11 is 0. The fraction of sp³-hybridized carbons (Fsp3) is 0.600. The molecule has 6 nitrogen and oxygen atoms in total. The largest absolute Gasteiger partial charge is 0.469 e. The standard InChI is InChI=1S/C20H27FN4O2/c1-27-20(26)14-6-5-11-25(12-14)19-17-16(24-9-3-2-4-10-24)8-7-15(21)18(17)22-13-23-19/h7-8,13-14,19H,2-6,9-12H2,1H3,(H,22,23). The van der Waals surface area contributed by atoms with Gasteiger partial charge in [-0.15, -0.1) is 0 Å². The number of fused-ring (bicyclic) bond motifs is 1. The van der Waals surface area contributed by atoms with Crippen LogP contribution < -0.4 is 10.2 Å². The fourth-order valence-corrected chi connectivity index (χ4v) is 4.53. The van der Waals surface area contributed by atoms with E-state index in [4.69, 9.17) is 4.74 Å². The van der Waals surface area contributed by atoms with Gasteiger partial charge >= 0.3 is 5.97 Å². The van der Waals surface area contributed by atoms with Crippen LogP contribution in [-0.4, -0.2) is 50.5 Å². The van der Waals surface area contributed by atoms with Crippen molar-refractivity contribution in [3.8, 4) is 0 Å². The highest BCUT2D eigenvalue weighted by Gasteiger charge is 2.35. The summed E-state index contributed by atoms with van der Waals surface area (Å²) < 4.78 is 19.5. The second kappa shape index (κ2) is 7.84. The minimum absolute atomic E-state index is 0.139. The van der Waals surface area contributed by atoms with Crippen LogP contribution in [0.5, 0.6) is 0 Å². The van der Waals surface area contributed by atoms with E-state index in [1.54, 1.807) is 6.34 Å². The van der Waals surface area contributed by atoms with E-state index in [2.05, 4.69) is 20.1 Å². The first-order chi connectivity index (χ1) is 13.2. The molecule has 0 spiro atoms. The van der Waals surface area contributed by atoms with Gasteiger partial charge in [0.2, 0.25) is 0 Å². The molecule has 7 heteroatoms. The van der Waals surface area contributed by atoms with E-state index in [-0.39, 0.29) is 23.9 Å². The number of aliphatic imine (C=N–C) groups is 1. The van der Waals surface area contributed by atoms with Crippen LogP contribution in [-0.2, 0) is 9.53 Å². The molecule has 0 bridgehead atoms. The van der Waals surface area contributed by atoms with Crippen LogP contribution in [0.25, 0.3) is 0 Å². The molecule has 2 fully saturated rings. The number of halogens is 1. The van der Waals surface area contributed by atoms with Gasteiger partial charge in [-0.25, -0.2) is 9.38 Å². The Labute approximate surface area is 159 Å². The van der Waals surface area contributed by atoms with Gasteiger partial charge in [-0.05, 0) is 44.2 Å². The number of hydrogen-bond acceptors (Lipinski definition) is 6. The van der Waals surface area contributed by atoms with Crippen molar-refractivity contribution in [2.45, 2.75) is 38.3 Å². The average molecular weight is 374 g/mol. The maximum atomic E-state index is 14.6. The van der Waals surface area contributed by atoms with Crippen LogP contribution in [0.15, 0.2) is 17.1 Å². The Morgan fingerprint density at radius 2 is 2.04 bits per heavy atom. The second-order valence-electron chi connectivity index (χ2n) is 7.56. The Balaban J connectivity index is 1.68.